The predicted octanol–water partition coefficient (Wildman–Crippen LogP) is 3.65. The summed E-state index contributed by atoms with van der Waals surface area (Å²) in [6.45, 7) is 0. The molecule has 23 heavy (non-hydrogen) atoms. The van der Waals surface area contributed by atoms with Gasteiger partial charge in [0, 0.05) is 12.1 Å². The van der Waals surface area contributed by atoms with Gasteiger partial charge in [-0.15, -0.1) is 11.8 Å². The maximum atomic E-state index is 14.0. The standard InChI is InChI=1S/C15H10F2N2O3S/c16-11-5-2-6-12(17)14(11)18-13(20)8-23-15(18)9-3-1-4-10(7-9)19(21)22/h1-7,15H,8H2/t15-/m1/s1. The fraction of sp³-hybridized carbons (Fsp3) is 0.133. The van der Waals surface area contributed by atoms with E-state index < -0.39 is 33.5 Å². The summed E-state index contributed by atoms with van der Waals surface area (Å²) in [6.07, 6.45) is 0. The summed E-state index contributed by atoms with van der Waals surface area (Å²) in [5, 5.41) is 10.2. The van der Waals surface area contributed by atoms with E-state index in [1.807, 2.05) is 0 Å². The summed E-state index contributed by atoms with van der Waals surface area (Å²) < 4.78 is 28.0. The molecule has 118 valence electrons. The Hall–Kier alpha value is -2.48. The first-order valence-electron chi connectivity index (χ1n) is 6.61. The van der Waals surface area contributed by atoms with E-state index in [0.717, 1.165) is 28.8 Å². The maximum absolute atomic E-state index is 14.0. The largest absolute Gasteiger partial charge is 0.290 e. The lowest BCUT2D eigenvalue weighted by molar-refractivity contribution is -0.384. The van der Waals surface area contributed by atoms with Gasteiger partial charge >= 0.3 is 0 Å². The van der Waals surface area contributed by atoms with Gasteiger partial charge in [-0.05, 0) is 17.7 Å². The van der Waals surface area contributed by atoms with Crippen molar-refractivity contribution < 1.29 is 18.5 Å². The Morgan fingerprint density at radius 3 is 2.48 bits per heavy atom. The second kappa shape index (κ2) is 5.96. The zero-order chi connectivity index (χ0) is 16.6. The van der Waals surface area contributed by atoms with Gasteiger partial charge in [-0.25, -0.2) is 8.78 Å². The Bertz CT molecular complexity index is 780. The Kier molecular flexibility index (Phi) is 3.99. The van der Waals surface area contributed by atoms with Crippen LogP contribution in [0.15, 0.2) is 42.5 Å². The molecule has 0 spiro atoms. The van der Waals surface area contributed by atoms with Gasteiger partial charge in [0.05, 0.1) is 10.7 Å². The lowest BCUT2D eigenvalue weighted by Crippen LogP contribution is -2.29. The van der Waals surface area contributed by atoms with Gasteiger partial charge in [0.15, 0.2) is 0 Å². The molecule has 0 aromatic heterocycles. The molecule has 0 bridgehead atoms. The second-order valence-electron chi connectivity index (χ2n) is 4.85. The molecular formula is C15H10F2N2O3S. The van der Waals surface area contributed by atoms with Crippen LogP contribution < -0.4 is 4.90 Å². The number of nitro groups is 1. The quantitative estimate of drug-likeness (QED) is 0.634. The third kappa shape index (κ3) is 2.77. The summed E-state index contributed by atoms with van der Waals surface area (Å²) in [4.78, 5) is 23.5. The number of carbonyl (C=O) groups is 1. The van der Waals surface area contributed by atoms with Crippen molar-refractivity contribution in [3.8, 4) is 0 Å². The average Bonchev–Trinajstić information content (AvgIpc) is 2.89. The summed E-state index contributed by atoms with van der Waals surface area (Å²) >= 11 is 1.16. The third-order valence-corrected chi connectivity index (χ3v) is 4.62. The normalized spacial score (nSPS) is 17.6. The maximum Gasteiger partial charge on any atom is 0.269 e. The number of anilines is 1. The fourth-order valence-corrected chi connectivity index (χ4v) is 3.57. The lowest BCUT2D eigenvalue weighted by Gasteiger charge is -2.25. The van der Waals surface area contributed by atoms with Crippen LogP contribution in [0.4, 0.5) is 20.2 Å². The summed E-state index contributed by atoms with van der Waals surface area (Å²) in [5.74, 6) is -2.11. The highest BCUT2D eigenvalue weighted by molar-refractivity contribution is 8.00. The minimum absolute atomic E-state index is 0.0428. The van der Waals surface area contributed by atoms with Crippen LogP contribution in [0.3, 0.4) is 0 Å². The number of amides is 1. The fourth-order valence-electron chi connectivity index (χ4n) is 2.42. The molecule has 0 N–H and O–H groups in total. The highest BCUT2D eigenvalue weighted by Crippen LogP contribution is 2.43. The first-order chi connectivity index (χ1) is 11.0. The summed E-state index contributed by atoms with van der Waals surface area (Å²) in [6, 6.07) is 9.05. The lowest BCUT2D eigenvalue weighted by atomic mass is 10.1. The smallest absolute Gasteiger partial charge is 0.269 e. The number of non-ortho nitro benzene ring substituents is 1. The topological polar surface area (TPSA) is 63.4 Å². The minimum Gasteiger partial charge on any atom is -0.290 e. The van der Waals surface area contributed by atoms with Gasteiger partial charge in [0.25, 0.3) is 5.69 Å². The molecule has 3 rings (SSSR count). The molecule has 0 saturated carbocycles. The number of benzene rings is 2. The number of nitrogens with zero attached hydrogens (tertiary/aromatic N) is 2. The Labute approximate surface area is 134 Å². The average molecular weight is 336 g/mol. The van der Waals surface area contributed by atoms with Crippen LogP contribution in [0, 0.1) is 21.7 Å². The zero-order valence-corrected chi connectivity index (χ0v) is 12.4. The second-order valence-corrected chi connectivity index (χ2v) is 5.92. The van der Waals surface area contributed by atoms with E-state index in [9.17, 15) is 23.7 Å². The number of hydrogen-bond acceptors (Lipinski definition) is 4. The molecular weight excluding hydrogens is 326 g/mol. The van der Waals surface area contributed by atoms with E-state index in [2.05, 4.69) is 0 Å². The molecule has 1 saturated heterocycles. The molecule has 8 heteroatoms. The van der Waals surface area contributed by atoms with Crippen LogP contribution >= 0.6 is 11.8 Å². The first-order valence-corrected chi connectivity index (χ1v) is 7.66. The van der Waals surface area contributed by atoms with Crippen molar-refractivity contribution in [1.82, 2.24) is 0 Å². The van der Waals surface area contributed by atoms with E-state index in [-0.39, 0.29) is 11.4 Å². The van der Waals surface area contributed by atoms with E-state index in [0.29, 0.717) is 5.56 Å². The van der Waals surface area contributed by atoms with Crippen molar-refractivity contribution in [2.45, 2.75) is 5.37 Å². The molecule has 2 aromatic rings. The van der Waals surface area contributed by atoms with Crippen molar-refractivity contribution in [2.75, 3.05) is 10.7 Å². The van der Waals surface area contributed by atoms with E-state index in [4.69, 9.17) is 0 Å². The van der Waals surface area contributed by atoms with Crippen molar-refractivity contribution in [1.29, 1.82) is 0 Å². The summed E-state index contributed by atoms with van der Waals surface area (Å²) in [7, 11) is 0. The Morgan fingerprint density at radius 1 is 1.17 bits per heavy atom. The van der Waals surface area contributed by atoms with Crippen LogP contribution in [0.1, 0.15) is 10.9 Å². The minimum atomic E-state index is -0.851. The molecule has 0 unspecified atom stereocenters. The molecule has 0 radical (unpaired) electrons. The van der Waals surface area contributed by atoms with Gasteiger partial charge in [-0.3, -0.25) is 19.8 Å². The first kappa shape index (κ1) is 15.4. The Morgan fingerprint density at radius 2 is 1.83 bits per heavy atom. The van der Waals surface area contributed by atoms with Crippen molar-refractivity contribution in [3.63, 3.8) is 0 Å². The molecule has 1 aliphatic heterocycles. The monoisotopic (exact) mass is 336 g/mol. The highest BCUT2D eigenvalue weighted by Gasteiger charge is 2.37. The van der Waals surface area contributed by atoms with Crippen LogP contribution in [-0.4, -0.2) is 16.6 Å². The number of carbonyl (C=O) groups excluding carboxylic acids is 1. The molecule has 1 fully saturated rings. The number of hydrogen-bond donors (Lipinski definition) is 0. The predicted molar refractivity (Wildman–Crippen MR) is 82.1 cm³/mol. The van der Waals surface area contributed by atoms with Crippen LogP contribution in [0.5, 0.6) is 0 Å². The number of halogens is 2. The van der Waals surface area contributed by atoms with Crippen LogP contribution in [-0.2, 0) is 4.79 Å². The highest BCUT2D eigenvalue weighted by atomic mass is 32.2. The molecule has 1 amide bonds. The summed E-state index contributed by atoms with van der Waals surface area (Å²) in [5.41, 5.74) is -0.131. The van der Waals surface area contributed by atoms with Gasteiger partial charge in [0.1, 0.15) is 22.7 Å². The number of para-hydroxylation sites is 1. The molecule has 2 aromatic carbocycles. The van der Waals surface area contributed by atoms with Gasteiger partial charge in [-0.1, -0.05) is 18.2 Å². The van der Waals surface area contributed by atoms with E-state index >= 15 is 0 Å². The van der Waals surface area contributed by atoms with Crippen LogP contribution in [0.2, 0.25) is 0 Å². The Balaban J connectivity index is 2.07. The van der Waals surface area contributed by atoms with Crippen molar-refractivity contribution >= 4 is 29.0 Å². The molecule has 1 heterocycles. The molecule has 0 aliphatic carbocycles. The van der Waals surface area contributed by atoms with E-state index in [1.165, 1.54) is 24.3 Å². The van der Waals surface area contributed by atoms with E-state index in [1.54, 1.807) is 6.07 Å². The van der Waals surface area contributed by atoms with Gasteiger partial charge in [0.2, 0.25) is 5.91 Å². The van der Waals surface area contributed by atoms with Crippen molar-refractivity contribution in [2.24, 2.45) is 0 Å². The van der Waals surface area contributed by atoms with Crippen LogP contribution in [0.25, 0.3) is 0 Å². The SMILES string of the molecule is O=C1CS[C@H](c2cccc([N+](=O)[O-])c2)N1c1c(F)cccc1F. The number of nitro benzene ring substituents is 1. The van der Waals surface area contributed by atoms with Gasteiger partial charge < -0.3 is 0 Å². The van der Waals surface area contributed by atoms with Crippen molar-refractivity contribution in [3.05, 3.63) is 69.8 Å². The number of rotatable bonds is 3. The molecule has 1 aliphatic rings. The van der Waals surface area contributed by atoms with Gasteiger partial charge in [-0.2, -0.15) is 0 Å². The molecule has 5 nitrogen and oxygen atoms in total. The zero-order valence-electron chi connectivity index (χ0n) is 11.6. The molecule has 1 atom stereocenters. The third-order valence-electron chi connectivity index (χ3n) is 3.41. The number of thioether (sulfide) groups is 1.